The Morgan fingerprint density at radius 2 is 2.06 bits per heavy atom. The van der Waals surface area contributed by atoms with Crippen molar-refractivity contribution in [2.75, 3.05) is 26.2 Å². The van der Waals surface area contributed by atoms with Crippen LogP contribution in [0.25, 0.3) is 0 Å². The molecule has 1 N–H and O–H groups in total. The second-order valence-corrected chi connectivity index (χ2v) is 5.20. The summed E-state index contributed by atoms with van der Waals surface area (Å²) in [5, 5.41) is 3.51. The lowest BCUT2D eigenvalue weighted by Crippen LogP contribution is -2.26. The number of ether oxygens (including phenoxy) is 2. The van der Waals surface area contributed by atoms with Crippen molar-refractivity contribution in [3.8, 4) is 11.5 Å². The largest absolute Gasteiger partial charge is 0.493 e. The first-order chi connectivity index (χ1) is 8.72. The summed E-state index contributed by atoms with van der Waals surface area (Å²) >= 11 is 1.88. The fourth-order valence-electron chi connectivity index (χ4n) is 1.77. The maximum absolute atomic E-state index is 5.41. The first-order valence-corrected chi connectivity index (χ1v) is 7.54. The van der Waals surface area contributed by atoms with Crippen molar-refractivity contribution in [3.05, 3.63) is 23.8 Å². The molecule has 1 unspecified atom stereocenters. The van der Waals surface area contributed by atoms with E-state index >= 15 is 0 Å². The van der Waals surface area contributed by atoms with E-state index in [1.165, 1.54) is 12.2 Å². The molecule has 0 aromatic heterocycles. The summed E-state index contributed by atoms with van der Waals surface area (Å²) in [6, 6.07) is 6.48. The van der Waals surface area contributed by atoms with E-state index in [-0.39, 0.29) is 0 Å². The molecule has 0 radical (unpaired) electrons. The highest BCUT2D eigenvalue weighted by Crippen LogP contribution is 2.30. The van der Waals surface area contributed by atoms with E-state index in [9.17, 15) is 0 Å². The zero-order chi connectivity index (χ0) is 13.4. The summed E-state index contributed by atoms with van der Waals surface area (Å²) in [4.78, 5) is 0. The summed E-state index contributed by atoms with van der Waals surface area (Å²) in [5.74, 6) is 2.79. The van der Waals surface area contributed by atoms with Crippen molar-refractivity contribution in [3.63, 3.8) is 0 Å². The van der Waals surface area contributed by atoms with Crippen molar-refractivity contribution in [2.24, 2.45) is 0 Å². The normalized spacial score (nSPS) is 12.2. The summed E-state index contributed by atoms with van der Waals surface area (Å²) in [5.41, 5.74) is 1.13. The Morgan fingerprint density at radius 3 is 2.67 bits per heavy atom. The Morgan fingerprint density at radius 1 is 1.28 bits per heavy atom. The second kappa shape index (κ2) is 8.27. The van der Waals surface area contributed by atoms with Crippen LogP contribution in [-0.4, -0.2) is 32.3 Å². The smallest absolute Gasteiger partial charge is 0.165 e. The molecule has 0 spiro atoms. The predicted molar refractivity (Wildman–Crippen MR) is 78.8 cm³/mol. The van der Waals surface area contributed by atoms with E-state index in [0.717, 1.165) is 23.6 Å². The Kier molecular flexibility index (Phi) is 6.98. The van der Waals surface area contributed by atoms with Gasteiger partial charge in [0.2, 0.25) is 0 Å². The lowest BCUT2D eigenvalue weighted by atomic mass is 10.1. The van der Waals surface area contributed by atoms with Crippen molar-refractivity contribution in [1.29, 1.82) is 0 Å². The van der Waals surface area contributed by atoms with Gasteiger partial charge in [0.1, 0.15) is 0 Å². The average Bonchev–Trinajstić information content (AvgIpc) is 2.41. The van der Waals surface area contributed by atoms with Gasteiger partial charge >= 0.3 is 0 Å². The molecule has 0 bridgehead atoms. The van der Waals surface area contributed by atoms with Gasteiger partial charge < -0.3 is 14.8 Å². The number of methoxy groups -OCH3 is 2. The molecule has 0 saturated heterocycles. The van der Waals surface area contributed by atoms with Gasteiger partial charge in [0.15, 0.2) is 11.5 Å². The molecule has 0 aliphatic carbocycles. The van der Waals surface area contributed by atoms with Gasteiger partial charge in [-0.05, 0) is 31.4 Å². The molecule has 0 fully saturated rings. The van der Waals surface area contributed by atoms with E-state index in [4.69, 9.17) is 9.47 Å². The van der Waals surface area contributed by atoms with Crippen LogP contribution in [0.2, 0.25) is 0 Å². The van der Waals surface area contributed by atoms with E-state index in [1.54, 1.807) is 14.2 Å². The molecule has 3 nitrogen and oxygen atoms in total. The standard InChI is InChI=1S/C14H23NO2S/c1-11(8-9-18-4)15-10-12-6-5-7-13(16-2)14(12)17-3/h5-7,11,15H,8-10H2,1-4H3. The molecular formula is C14H23NO2S. The van der Waals surface area contributed by atoms with Crippen molar-refractivity contribution in [2.45, 2.75) is 25.9 Å². The van der Waals surface area contributed by atoms with Gasteiger partial charge in [-0.15, -0.1) is 0 Å². The van der Waals surface area contributed by atoms with Gasteiger partial charge in [-0.2, -0.15) is 11.8 Å². The maximum Gasteiger partial charge on any atom is 0.165 e. The average molecular weight is 269 g/mol. The van der Waals surface area contributed by atoms with Gasteiger partial charge in [0, 0.05) is 18.2 Å². The molecular weight excluding hydrogens is 246 g/mol. The van der Waals surface area contributed by atoms with E-state index in [2.05, 4.69) is 24.6 Å². The van der Waals surface area contributed by atoms with Crippen LogP contribution in [0.1, 0.15) is 18.9 Å². The fraction of sp³-hybridized carbons (Fsp3) is 0.571. The van der Waals surface area contributed by atoms with Crippen LogP contribution in [0.3, 0.4) is 0 Å². The van der Waals surface area contributed by atoms with Gasteiger partial charge in [-0.1, -0.05) is 12.1 Å². The lowest BCUT2D eigenvalue weighted by Gasteiger charge is -2.16. The highest BCUT2D eigenvalue weighted by Gasteiger charge is 2.10. The summed E-state index contributed by atoms with van der Waals surface area (Å²) in [7, 11) is 3.34. The topological polar surface area (TPSA) is 30.5 Å². The Hall–Kier alpha value is -0.870. The van der Waals surface area contributed by atoms with Crippen LogP contribution >= 0.6 is 11.8 Å². The number of para-hydroxylation sites is 1. The van der Waals surface area contributed by atoms with Crippen LogP contribution in [0, 0.1) is 0 Å². The van der Waals surface area contributed by atoms with E-state index < -0.39 is 0 Å². The first kappa shape index (κ1) is 15.2. The second-order valence-electron chi connectivity index (χ2n) is 4.22. The Labute approximate surface area is 114 Å². The van der Waals surface area contributed by atoms with Crippen LogP contribution < -0.4 is 14.8 Å². The molecule has 0 aliphatic heterocycles. The molecule has 1 rings (SSSR count). The number of thioether (sulfide) groups is 1. The van der Waals surface area contributed by atoms with Gasteiger partial charge in [-0.25, -0.2) is 0 Å². The molecule has 1 atom stereocenters. The van der Waals surface area contributed by atoms with Crippen LogP contribution in [0.4, 0.5) is 0 Å². The monoisotopic (exact) mass is 269 g/mol. The molecule has 1 aromatic carbocycles. The Balaban J connectivity index is 2.61. The molecule has 0 saturated carbocycles. The number of hydrogen-bond acceptors (Lipinski definition) is 4. The molecule has 0 heterocycles. The van der Waals surface area contributed by atoms with Gasteiger partial charge in [-0.3, -0.25) is 0 Å². The SMILES string of the molecule is COc1cccc(CNC(C)CCSC)c1OC. The summed E-state index contributed by atoms with van der Waals surface area (Å²) < 4.78 is 10.7. The van der Waals surface area contributed by atoms with Crippen molar-refractivity contribution < 1.29 is 9.47 Å². The van der Waals surface area contributed by atoms with Crippen molar-refractivity contribution >= 4 is 11.8 Å². The third-order valence-electron chi connectivity index (χ3n) is 2.88. The van der Waals surface area contributed by atoms with Crippen LogP contribution in [0.15, 0.2) is 18.2 Å². The number of benzene rings is 1. The minimum Gasteiger partial charge on any atom is -0.493 e. The highest BCUT2D eigenvalue weighted by molar-refractivity contribution is 7.98. The molecule has 18 heavy (non-hydrogen) atoms. The fourth-order valence-corrected chi connectivity index (χ4v) is 2.36. The van der Waals surface area contributed by atoms with Gasteiger partial charge in [0.05, 0.1) is 14.2 Å². The summed E-state index contributed by atoms with van der Waals surface area (Å²) in [6.07, 6.45) is 3.31. The van der Waals surface area contributed by atoms with Gasteiger partial charge in [0.25, 0.3) is 0 Å². The predicted octanol–water partition coefficient (Wildman–Crippen LogP) is 2.94. The molecule has 0 aliphatic rings. The molecule has 0 amide bonds. The zero-order valence-electron chi connectivity index (χ0n) is 11.7. The quantitative estimate of drug-likeness (QED) is 0.786. The third kappa shape index (κ3) is 4.42. The van der Waals surface area contributed by atoms with Crippen LogP contribution in [0.5, 0.6) is 11.5 Å². The first-order valence-electron chi connectivity index (χ1n) is 6.15. The molecule has 4 heteroatoms. The maximum atomic E-state index is 5.41. The number of nitrogens with one attached hydrogen (secondary N) is 1. The molecule has 1 aromatic rings. The lowest BCUT2D eigenvalue weighted by molar-refractivity contribution is 0.350. The number of rotatable bonds is 8. The number of hydrogen-bond donors (Lipinski definition) is 1. The summed E-state index contributed by atoms with van der Waals surface area (Å²) in [6.45, 7) is 3.01. The van der Waals surface area contributed by atoms with Crippen LogP contribution in [-0.2, 0) is 6.54 Å². The zero-order valence-corrected chi connectivity index (χ0v) is 12.5. The highest BCUT2D eigenvalue weighted by atomic mass is 32.2. The third-order valence-corrected chi connectivity index (χ3v) is 3.52. The van der Waals surface area contributed by atoms with E-state index in [0.29, 0.717) is 6.04 Å². The van der Waals surface area contributed by atoms with Crippen molar-refractivity contribution in [1.82, 2.24) is 5.32 Å². The Bertz CT molecular complexity index is 358. The molecule has 102 valence electrons. The minimum absolute atomic E-state index is 0.508. The minimum atomic E-state index is 0.508. The van der Waals surface area contributed by atoms with E-state index in [1.807, 2.05) is 23.9 Å².